The predicted molar refractivity (Wildman–Crippen MR) is 188 cm³/mol. The Bertz CT molecular complexity index is 1920. The molecule has 0 aromatic heterocycles. The summed E-state index contributed by atoms with van der Waals surface area (Å²) in [5, 5.41) is 19.8. The van der Waals surface area contributed by atoms with Crippen molar-refractivity contribution in [1.82, 2.24) is 0 Å². The van der Waals surface area contributed by atoms with Gasteiger partial charge >= 0.3 is 38.8 Å². The summed E-state index contributed by atoms with van der Waals surface area (Å²) in [6, 6.07) is 36.4. The van der Waals surface area contributed by atoms with Crippen molar-refractivity contribution in [2.45, 2.75) is 46.0 Å². The maximum atomic E-state index is 10.7. The molecule has 0 saturated carbocycles. The Balaban J connectivity index is 0.000000727. The molecule has 0 bridgehead atoms. The van der Waals surface area contributed by atoms with Crippen molar-refractivity contribution >= 4 is 48.7 Å². The summed E-state index contributed by atoms with van der Waals surface area (Å²) in [6.45, 7) is 3.14. The van der Waals surface area contributed by atoms with E-state index in [9.17, 15) is 40.2 Å². The van der Waals surface area contributed by atoms with E-state index in [1.54, 1.807) is 43.4 Å². The molecular formula is C35H30ClF6O5PS2. The average Bonchev–Trinajstić information content (AvgIpc) is 3.02. The van der Waals surface area contributed by atoms with E-state index in [0.29, 0.717) is 22.1 Å². The summed E-state index contributed by atoms with van der Waals surface area (Å²) in [6.07, 6.45) is -1.82. The monoisotopic (exact) mass is 774 g/mol. The number of hydrogen-bond acceptors (Lipinski definition) is 6. The Morgan fingerprint density at radius 3 is 1.66 bits per heavy atom. The standard InChI is InChI=1S/C35H29ClO5S2.F6P/c1-22(37)40-27-11-16-30(17-12-27)42-33-19-13-28(41-23(2)38)21-31(33)24-8-14-29(15-9-24)43-34-18-10-26(20-32(34)36)35(39)25-6-4-3-5-7-25;1-7(2,3,4,5)6/h3-23,37-38H,1-2H3;/q;-1/p+1. The van der Waals surface area contributed by atoms with E-state index in [1.807, 2.05) is 109 Å². The van der Waals surface area contributed by atoms with E-state index in [-0.39, 0.29) is 5.78 Å². The number of halogens is 7. The molecule has 5 aromatic carbocycles. The molecule has 3 N–H and O–H groups in total. The van der Waals surface area contributed by atoms with E-state index in [4.69, 9.17) is 21.1 Å². The van der Waals surface area contributed by atoms with Crippen molar-refractivity contribution in [3.8, 4) is 22.6 Å². The van der Waals surface area contributed by atoms with Gasteiger partial charge in [0, 0.05) is 19.6 Å². The Kier molecular flexibility index (Phi) is 11.9. The van der Waals surface area contributed by atoms with Crippen molar-refractivity contribution in [2.24, 2.45) is 0 Å². The quantitative estimate of drug-likeness (QED) is 0.0457. The Hall–Kier alpha value is -3.71. The molecule has 0 aliphatic carbocycles. The zero-order valence-corrected chi connectivity index (χ0v) is 29.5. The van der Waals surface area contributed by atoms with Crippen molar-refractivity contribution in [2.75, 3.05) is 0 Å². The second kappa shape index (κ2) is 15.3. The number of benzene rings is 5. The number of rotatable bonds is 11. The molecule has 266 valence electrons. The number of hydrogen-bond donors (Lipinski definition) is 2. The fourth-order valence-electron chi connectivity index (χ4n) is 4.33. The number of carbonyl (C=O) groups excluding carboxylic acids is 1. The predicted octanol–water partition coefficient (Wildman–Crippen LogP) is 12.1. The Morgan fingerprint density at radius 2 is 1.12 bits per heavy atom. The van der Waals surface area contributed by atoms with E-state index in [2.05, 4.69) is 0 Å². The van der Waals surface area contributed by atoms with Crippen LogP contribution in [0.25, 0.3) is 11.1 Å². The van der Waals surface area contributed by atoms with Crippen molar-refractivity contribution in [3.05, 3.63) is 131 Å². The molecule has 15 heteroatoms. The second-order valence-corrected chi connectivity index (χ2v) is 15.2. The third-order valence-electron chi connectivity index (χ3n) is 6.26. The maximum absolute atomic E-state index is 10.7. The topological polar surface area (TPSA) is 80.3 Å². The van der Waals surface area contributed by atoms with Crippen molar-refractivity contribution in [1.29, 1.82) is 0 Å². The van der Waals surface area contributed by atoms with Crippen LogP contribution < -0.4 is 9.47 Å². The fraction of sp³-hybridized carbons (Fsp3) is 0.114. The molecule has 0 aliphatic heterocycles. The van der Waals surface area contributed by atoms with Gasteiger partial charge in [-0.05, 0) is 110 Å². The molecule has 0 heterocycles. The summed E-state index contributed by atoms with van der Waals surface area (Å²) >= 11 is 9.76. The number of ether oxygens (including phenoxy) is 2. The third kappa shape index (κ3) is 13.5. The zero-order chi connectivity index (χ0) is 36.8. The van der Waals surface area contributed by atoms with Gasteiger partial charge in [0.15, 0.2) is 12.6 Å². The van der Waals surface area contributed by atoms with Gasteiger partial charge in [-0.25, -0.2) is 0 Å². The van der Waals surface area contributed by atoms with Crippen LogP contribution >= 0.6 is 42.9 Å². The van der Waals surface area contributed by atoms with Gasteiger partial charge in [0.1, 0.15) is 11.5 Å². The summed E-state index contributed by atoms with van der Waals surface area (Å²) in [5.41, 5.74) is 3.34. The first-order chi connectivity index (χ1) is 23.2. The minimum absolute atomic E-state index is 0.183. The molecule has 2 unspecified atom stereocenters. The second-order valence-electron chi connectivity index (χ2n) is 10.6. The van der Waals surface area contributed by atoms with Crippen LogP contribution in [0.5, 0.6) is 11.5 Å². The minimum atomic E-state index is -10.7. The van der Waals surface area contributed by atoms with Gasteiger partial charge in [-0.2, -0.15) is 0 Å². The van der Waals surface area contributed by atoms with Crippen LogP contribution in [0, 0.1) is 0 Å². The van der Waals surface area contributed by atoms with E-state index >= 15 is 0 Å². The molecule has 5 rings (SSSR count). The third-order valence-corrected chi connectivity index (χ3v) is 8.85. The molecule has 5 nitrogen and oxygen atoms in total. The van der Waals surface area contributed by atoms with Crippen molar-refractivity contribution < 1.29 is 49.7 Å². The molecule has 5 aromatic rings. The zero-order valence-electron chi connectivity index (χ0n) is 26.2. The summed E-state index contributed by atoms with van der Waals surface area (Å²) in [4.78, 5) is 14.6. The molecule has 0 spiro atoms. The molecule has 2 atom stereocenters. The number of ketones is 1. The first-order valence-electron chi connectivity index (χ1n) is 14.6. The van der Waals surface area contributed by atoms with Gasteiger partial charge < -0.3 is 19.7 Å². The molecule has 0 fully saturated rings. The van der Waals surface area contributed by atoms with Gasteiger partial charge in [0.25, 0.3) is 0 Å². The van der Waals surface area contributed by atoms with Crippen molar-refractivity contribution in [3.63, 3.8) is 0 Å². The molecular weight excluding hydrogens is 745 g/mol. The summed E-state index contributed by atoms with van der Waals surface area (Å²) in [5.74, 6) is 1.34. The Labute approximate surface area is 297 Å². The Morgan fingerprint density at radius 1 is 0.640 bits per heavy atom. The van der Waals surface area contributed by atoms with Crippen LogP contribution in [0.3, 0.4) is 0 Å². The van der Waals surface area contributed by atoms with Gasteiger partial charge in [0.05, 0.1) is 16.1 Å². The SMILES string of the molecule is CC(O)Oc1ccc(Sc2ccc(OC(C)O)cc2-c2ccc(Sc3ccc(C(=[OH+])c4ccccc4)cc3Cl)cc2)cc1.F[P-](F)(F)(F)(F)F. The van der Waals surface area contributed by atoms with Gasteiger partial charge in [-0.1, -0.05) is 65.5 Å². The van der Waals surface area contributed by atoms with Crippen LogP contribution in [0.15, 0.2) is 135 Å². The first kappa shape index (κ1) is 39.1. The summed E-state index contributed by atoms with van der Waals surface area (Å²) < 4.78 is 70.1. The average molecular weight is 775 g/mol. The molecule has 0 aliphatic rings. The molecule has 0 saturated heterocycles. The van der Waals surface area contributed by atoms with Gasteiger partial charge in [-0.15, -0.1) is 0 Å². The van der Waals surface area contributed by atoms with E-state index in [0.717, 1.165) is 36.3 Å². The number of aliphatic hydroxyl groups excluding tert-OH is 2. The molecule has 50 heavy (non-hydrogen) atoms. The summed E-state index contributed by atoms with van der Waals surface area (Å²) in [7, 11) is -10.7. The van der Waals surface area contributed by atoms with Crippen LogP contribution in [-0.4, -0.2) is 33.4 Å². The number of aliphatic hydroxyl groups is 2. The van der Waals surface area contributed by atoms with Crippen LogP contribution in [0.2, 0.25) is 5.02 Å². The van der Waals surface area contributed by atoms with E-state index in [1.165, 1.54) is 0 Å². The fourth-order valence-corrected chi connectivity index (χ4v) is 6.39. The normalized spacial score (nSPS) is 13.9. The van der Waals surface area contributed by atoms with Gasteiger partial charge in [-0.3, -0.25) is 4.79 Å². The molecule has 0 radical (unpaired) electrons. The van der Waals surface area contributed by atoms with Gasteiger partial charge in [0.2, 0.25) is 0 Å². The first-order valence-corrected chi connectivity index (χ1v) is 18.6. The van der Waals surface area contributed by atoms with E-state index < -0.39 is 20.4 Å². The van der Waals surface area contributed by atoms with Crippen LogP contribution in [0.4, 0.5) is 25.2 Å². The molecule has 0 amide bonds. The van der Waals surface area contributed by atoms with Crippen LogP contribution in [-0.2, 0) is 0 Å². The van der Waals surface area contributed by atoms with Crippen LogP contribution in [0.1, 0.15) is 25.0 Å².